The maximum Gasteiger partial charge on any atom is 0.0991 e. The van der Waals surface area contributed by atoms with E-state index in [2.05, 4.69) is 151 Å². The summed E-state index contributed by atoms with van der Waals surface area (Å²) in [4.78, 5) is 0. The molecule has 0 radical (unpaired) electrons. The van der Waals surface area contributed by atoms with Crippen LogP contribution in [0.25, 0.3) is 38.6 Å². The predicted molar refractivity (Wildman–Crippen MR) is 168 cm³/mol. The van der Waals surface area contributed by atoms with Gasteiger partial charge in [-0.3, -0.25) is 0 Å². The molecule has 41 heavy (non-hydrogen) atoms. The summed E-state index contributed by atoms with van der Waals surface area (Å²) in [6.45, 7) is 2.14. The highest BCUT2D eigenvalue weighted by Gasteiger charge is 2.46. The average molecular weight is 523 g/mol. The summed E-state index contributed by atoms with van der Waals surface area (Å²) in [5.41, 5.74) is 12.2. The van der Waals surface area contributed by atoms with E-state index in [0.29, 0.717) is 5.56 Å². The van der Waals surface area contributed by atoms with Crippen LogP contribution in [0.4, 0.5) is 0 Å². The van der Waals surface area contributed by atoms with E-state index in [4.69, 9.17) is 0 Å². The Hall–Kier alpha value is -5.39. The molecule has 0 spiro atoms. The van der Waals surface area contributed by atoms with Crippen LogP contribution in [-0.4, -0.2) is 4.57 Å². The van der Waals surface area contributed by atoms with E-state index in [1.165, 1.54) is 55.2 Å². The zero-order valence-corrected chi connectivity index (χ0v) is 22.7. The summed E-state index contributed by atoms with van der Waals surface area (Å²) < 4.78 is 2.36. The third-order valence-electron chi connectivity index (χ3n) is 8.78. The number of rotatable bonds is 3. The van der Waals surface area contributed by atoms with Crippen molar-refractivity contribution in [1.82, 2.24) is 4.57 Å². The number of fused-ring (bicyclic) bond motifs is 6. The molecule has 0 bridgehead atoms. The second kappa shape index (κ2) is 8.81. The Bertz CT molecular complexity index is 2160. The number of aromatic nitrogens is 1. The van der Waals surface area contributed by atoms with Gasteiger partial charge in [-0.15, -0.1) is 0 Å². The van der Waals surface area contributed by atoms with Gasteiger partial charge in [0.2, 0.25) is 0 Å². The van der Waals surface area contributed by atoms with Crippen molar-refractivity contribution in [2.45, 2.75) is 12.3 Å². The van der Waals surface area contributed by atoms with Gasteiger partial charge >= 0.3 is 0 Å². The van der Waals surface area contributed by atoms with Gasteiger partial charge in [0.05, 0.1) is 28.1 Å². The second-order valence-electron chi connectivity index (χ2n) is 11.0. The summed E-state index contributed by atoms with van der Waals surface area (Å²) in [6.07, 6.45) is 0. The van der Waals surface area contributed by atoms with Gasteiger partial charge in [0.25, 0.3) is 0 Å². The first-order valence-corrected chi connectivity index (χ1v) is 14.0. The molecule has 1 aliphatic carbocycles. The molecule has 0 amide bonds. The van der Waals surface area contributed by atoms with Gasteiger partial charge in [-0.05, 0) is 82.8 Å². The molecule has 1 atom stereocenters. The lowest BCUT2D eigenvalue weighted by molar-refractivity contribution is 0.769. The van der Waals surface area contributed by atoms with Crippen LogP contribution in [0, 0.1) is 18.3 Å². The van der Waals surface area contributed by atoms with Gasteiger partial charge in [-0.1, -0.05) is 103 Å². The zero-order valence-electron chi connectivity index (χ0n) is 22.7. The molecule has 7 aromatic rings. The van der Waals surface area contributed by atoms with Crippen LogP contribution in [0.1, 0.15) is 33.4 Å². The molecule has 0 fully saturated rings. The Morgan fingerprint density at radius 3 is 2.07 bits per heavy atom. The highest BCUT2D eigenvalue weighted by Crippen LogP contribution is 2.56. The van der Waals surface area contributed by atoms with E-state index in [9.17, 15) is 5.26 Å². The summed E-state index contributed by atoms with van der Waals surface area (Å²) in [5, 5.41) is 12.2. The zero-order chi connectivity index (χ0) is 27.6. The van der Waals surface area contributed by atoms with E-state index in [1.807, 2.05) is 6.07 Å². The van der Waals surface area contributed by atoms with Crippen molar-refractivity contribution in [2.75, 3.05) is 0 Å². The van der Waals surface area contributed by atoms with E-state index in [1.54, 1.807) is 0 Å². The third kappa shape index (κ3) is 3.24. The van der Waals surface area contributed by atoms with Crippen molar-refractivity contribution >= 4 is 21.8 Å². The lowest BCUT2D eigenvalue weighted by Gasteiger charge is -2.34. The van der Waals surface area contributed by atoms with Crippen molar-refractivity contribution in [1.29, 1.82) is 5.26 Å². The first kappa shape index (κ1) is 23.5. The summed E-state index contributed by atoms with van der Waals surface area (Å²) in [5.74, 6) is 0. The van der Waals surface area contributed by atoms with Crippen molar-refractivity contribution < 1.29 is 0 Å². The SMILES string of the molecule is Cc1ccc([C@]2(c3ccc4c(c3)c3ccccc3n4-c3ccccc3)c3ccccc3-c3cc(C#N)ccc32)cc1. The maximum absolute atomic E-state index is 9.77. The van der Waals surface area contributed by atoms with Gasteiger partial charge in [0.1, 0.15) is 0 Å². The molecule has 8 rings (SSSR count). The highest BCUT2D eigenvalue weighted by molar-refractivity contribution is 6.09. The lowest BCUT2D eigenvalue weighted by Crippen LogP contribution is -2.28. The molecule has 2 nitrogen and oxygen atoms in total. The number of aryl methyl sites for hydroxylation is 1. The van der Waals surface area contributed by atoms with E-state index in [0.717, 1.165) is 11.3 Å². The Morgan fingerprint density at radius 1 is 0.561 bits per heavy atom. The monoisotopic (exact) mass is 522 g/mol. The molecule has 0 N–H and O–H groups in total. The van der Waals surface area contributed by atoms with E-state index >= 15 is 0 Å². The number of nitriles is 1. The van der Waals surface area contributed by atoms with Gasteiger partial charge in [0, 0.05) is 16.5 Å². The van der Waals surface area contributed by atoms with Crippen molar-refractivity contribution in [2.24, 2.45) is 0 Å². The van der Waals surface area contributed by atoms with Crippen molar-refractivity contribution in [3.63, 3.8) is 0 Å². The average Bonchev–Trinajstić information content (AvgIpc) is 3.52. The molecular weight excluding hydrogens is 496 g/mol. The number of nitrogens with zero attached hydrogens (tertiary/aromatic N) is 2. The predicted octanol–water partition coefficient (Wildman–Crippen LogP) is 9.33. The molecular formula is C39H26N2. The van der Waals surface area contributed by atoms with Crippen LogP contribution < -0.4 is 0 Å². The molecule has 2 heteroatoms. The Balaban J connectivity index is 1.51. The number of para-hydroxylation sites is 2. The van der Waals surface area contributed by atoms with E-state index in [-0.39, 0.29) is 0 Å². The van der Waals surface area contributed by atoms with Crippen molar-refractivity contribution in [3.05, 3.63) is 173 Å². The third-order valence-corrected chi connectivity index (χ3v) is 8.78. The molecule has 0 saturated carbocycles. The van der Waals surface area contributed by atoms with Gasteiger partial charge < -0.3 is 4.57 Å². The molecule has 1 heterocycles. The fraction of sp³-hybridized carbons (Fsp3) is 0.0513. The summed E-state index contributed by atoms with van der Waals surface area (Å²) in [7, 11) is 0. The summed E-state index contributed by atoms with van der Waals surface area (Å²) >= 11 is 0. The van der Waals surface area contributed by atoms with Crippen molar-refractivity contribution in [3.8, 4) is 22.9 Å². The lowest BCUT2D eigenvalue weighted by atomic mass is 9.67. The van der Waals surface area contributed by atoms with Crippen LogP contribution in [0.5, 0.6) is 0 Å². The van der Waals surface area contributed by atoms with E-state index < -0.39 is 5.41 Å². The minimum atomic E-state index is -0.516. The molecule has 6 aromatic carbocycles. The van der Waals surface area contributed by atoms with Crippen LogP contribution in [0.15, 0.2) is 140 Å². The Kier molecular flexibility index (Phi) is 5.05. The minimum Gasteiger partial charge on any atom is -0.309 e. The molecule has 0 saturated heterocycles. The Morgan fingerprint density at radius 2 is 1.24 bits per heavy atom. The molecule has 1 aromatic heterocycles. The van der Waals surface area contributed by atoms with Gasteiger partial charge in [0.15, 0.2) is 0 Å². The maximum atomic E-state index is 9.77. The Labute approximate surface area is 239 Å². The summed E-state index contributed by atoms with van der Waals surface area (Å²) in [6, 6.07) is 52.5. The number of hydrogen-bond acceptors (Lipinski definition) is 1. The van der Waals surface area contributed by atoms with Crippen LogP contribution in [0.2, 0.25) is 0 Å². The number of hydrogen-bond donors (Lipinski definition) is 0. The number of benzene rings is 6. The quantitative estimate of drug-likeness (QED) is 0.227. The smallest absolute Gasteiger partial charge is 0.0991 e. The molecule has 192 valence electrons. The largest absolute Gasteiger partial charge is 0.309 e. The fourth-order valence-electron chi connectivity index (χ4n) is 7.01. The minimum absolute atomic E-state index is 0.516. The van der Waals surface area contributed by atoms with Gasteiger partial charge in [-0.25, -0.2) is 0 Å². The topological polar surface area (TPSA) is 28.7 Å². The molecule has 0 unspecified atom stereocenters. The van der Waals surface area contributed by atoms with Crippen LogP contribution in [-0.2, 0) is 5.41 Å². The standard InChI is InChI=1S/C39H26N2/c1-26-15-18-28(19-16-26)39(35-13-7-5-11-31(35)33-23-27(25-40)17-21-36(33)39)29-20-22-38-34(24-29)32-12-6-8-14-37(32)41(38)30-9-3-2-4-10-30/h2-24H,1H3/t39-/m0/s1. The second-order valence-corrected chi connectivity index (χ2v) is 11.0. The fourth-order valence-corrected chi connectivity index (χ4v) is 7.01. The van der Waals surface area contributed by atoms with Crippen LogP contribution >= 0.6 is 0 Å². The van der Waals surface area contributed by atoms with Gasteiger partial charge in [-0.2, -0.15) is 5.26 Å². The van der Waals surface area contributed by atoms with Crippen LogP contribution in [0.3, 0.4) is 0 Å². The first-order valence-electron chi connectivity index (χ1n) is 14.0. The molecule has 0 aliphatic heterocycles. The molecule has 1 aliphatic rings. The highest BCUT2D eigenvalue weighted by atomic mass is 15.0. The normalized spacial score (nSPS) is 15.5. The first-order chi connectivity index (χ1) is 20.2.